The Morgan fingerprint density at radius 2 is 1.87 bits per heavy atom. The Bertz CT molecular complexity index is 1160. The average Bonchev–Trinajstić information content (AvgIpc) is 3.16. The minimum absolute atomic E-state index is 0.0599. The van der Waals surface area contributed by atoms with Crippen molar-refractivity contribution in [1.82, 2.24) is 10.2 Å². The summed E-state index contributed by atoms with van der Waals surface area (Å²) in [4.78, 5) is 44.4. The number of aliphatic imine (C=N–C) groups is 1. The minimum atomic E-state index is -0.968. The van der Waals surface area contributed by atoms with Gasteiger partial charge in [-0.05, 0) is 73.8 Å². The highest BCUT2D eigenvalue weighted by Gasteiger charge is 2.53. The molecule has 2 atom stereocenters. The van der Waals surface area contributed by atoms with Gasteiger partial charge in [-0.25, -0.2) is 4.39 Å². The summed E-state index contributed by atoms with van der Waals surface area (Å²) >= 11 is 0. The number of carbonyl (C=O) groups is 3. The molecule has 1 aromatic carbocycles. The van der Waals surface area contributed by atoms with E-state index >= 15 is 0 Å². The van der Waals surface area contributed by atoms with Crippen LogP contribution < -0.4 is 5.32 Å². The van der Waals surface area contributed by atoms with Crippen LogP contribution in [0.3, 0.4) is 0 Å². The number of nitrogens with one attached hydrogen (secondary N) is 1. The van der Waals surface area contributed by atoms with Crippen molar-refractivity contribution in [2.75, 3.05) is 6.54 Å². The molecule has 0 aromatic heterocycles. The van der Waals surface area contributed by atoms with Crippen LogP contribution in [0, 0.1) is 11.3 Å². The molecule has 1 heterocycles. The van der Waals surface area contributed by atoms with E-state index in [1.54, 1.807) is 18.2 Å². The first-order valence-corrected chi connectivity index (χ1v) is 13.6. The number of carboxylic acid groups (broad SMARTS) is 1. The van der Waals surface area contributed by atoms with Crippen LogP contribution >= 0.6 is 0 Å². The van der Waals surface area contributed by atoms with Gasteiger partial charge in [-0.2, -0.15) is 0 Å². The van der Waals surface area contributed by atoms with E-state index in [0.717, 1.165) is 44.1 Å². The maximum atomic E-state index is 14.1. The molecule has 38 heavy (non-hydrogen) atoms. The van der Waals surface area contributed by atoms with E-state index in [0.29, 0.717) is 17.7 Å². The number of hydrogen-bond acceptors (Lipinski definition) is 4. The standard InChI is InChI=1S/C30H38FN3O4/c1-4-5-24(20-6-8-22(9-7-20)27(37)32-19-14-25(35)36)34-28(38)26(21-10-12-23(31)13-11-21)33-30(34)17-15-29(2,3)16-18-30/h6-10,12-13,21,24H,4-5,11,14-19H2,1-3H3,(H,32,37)(H,35,36). The smallest absolute Gasteiger partial charge is 0.305 e. The first-order valence-electron chi connectivity index (χ1n) is 13.6. The molecule has 8 heteroatoms. The van der Waals surface area contributed by atoms with Gasteiger partial charge in [-0.1, -0.05) is 45.4 Å². The van der Waals surface area contributed by atoms with Gasteiger partial charge in [-0.15, -0.1) is 0 Å². The van der Waals surface area contributed by atoms with Crippen LogP contribution in [0.4, 0.5) is 4.39 Å². The maximum Gasteiger partial charge on any atom is 0.305 e. The molecular formula is C30H38FN3O4. The Morgan fingerprint density at radius 1 is 1.18 bits per heavy atom. The fourth-order valence-electron chi connectivity index (χ4n) is 5.75. The van der Waals surface area contributed by atoms with Crippen LogP contribution in [0.15, 0.2) is 53.3 Å². The molecule has 7 nitrogen and oxygen atoms in total. The number of aliphatic carboxylic acids is 1. The number of carboxylic acids is 1. The molecule has 0 saturated heterocycles. The van der Waals surface area contributed by atoms with Crippen molar-refractivity contribution < 1.29 is 23.9 Å². The molecule has 1 saturated carbocycles. The van der Waals surface area contributed by atoms with E-state index in [4.69, 9.17) is 10.1 Å². The number of rotatable bonds is 9. The summed E-state index contributed by atoms with van der Waals surface area (Å²) in [5.41, 5.74) is 1.45. The Balaban J connectivity index is 1.63. The van der Waals surface area contributed by atoms with Crippen molar-refractivity contribution in [3.8, 4) is 0 Å². The molecule has 3 aliphatic rings. The highest BCUT2D eigenvalue weighted by molar-refractivity contribution is 6.41. The maximum absolute atomic E-state index is 14.1. The van der Waals surface area contributed by atoms with Crippen molar-refractivity contribution >= 4 is 23.5 Å². The van der Waals surface area contributed by atoms with E-state index in [-0.39, 0.29) is 48.0 Å². The van der Waals surface area contributed by atoms with Gasteiger partial charge in [0.25, 0.3) is 11.8 Å². The third-order valence-corrected chi connectivity index (χ3v) is 8.08. The van der Waals surface area contributed by atoms with Crippen molar-refractivity contribution in [2.24, 2.45) is 16.3 Å². The summed E-state index contributed by atoms with van der Waals surface area (Å²) in [5.74, 6) is -1.90. The summed E-state index contributed by atoms with van der Waals surface area (Å²) in [7, 11) is 0. The Morgan fingerprint density at radius 3 is 2.45 bits per heavy atom. The Kier molecular flexibility index (Phi) is 8.19. The largest absolute Gasteiger partial charge is 0.481 e. The first-order chi connectivity index (χ1) is 18.0. The van der Waals surface area contributed by atoms with Crippen LogP contribution in [-0.2, 0) is 9.59 Å². The monoisotopic (exact) mass is 523 g/mol. The van der Waals surface area contributed by atoms with Crippen molar-refractivity contribution in [1.29, 1.82) is 0 Å². The second kappa shape index (κ2) is 11.2. The van der Waals surface area contributed by atoms with Gasteiger partial charge in [0, 0.05) is 18.0 Å². The van der Waals surface area contributed by atoms with Crippen LogP contribution in [-0.4, -0.2) is 45.7 Å². The summed E-state index contributed by atoms with van der Waals surface area (Å²) in [6.45, 7) is 6.66. The highest BCUT2D eigenvalue weighted by Crippen LogP contribution is 2.50. The molecule has 2 amide bonds. The van der Waals surface area contributed by atoms with Gasteiger partial charge in [0.15, 0.2) is 0 Å². The fourth-order valence-corrected chi connectivity index (χ4v) is 5.75. The van der Waals surface area contributed by atoms with Gasteiger partial charge < -0.3 is 15.3 Å². The molecule has 1 fully saturated rings. The third kappa shape index (κ3) is 5.89. The number of nitrogens with zero attached hydrogens (tertiary/aromatic N) is 2. The van der Waals surface area contributed by atoms with Crippen LogP contribution in [0.1, 0.15) is 94.1 Å². The van der Waals surface area contributed by atoms with Crippen LogP contribution in [0.2, 0.25) is 0 Å². The van der Waals surface area contributed by atoms with Crippen LogP contribution in [0.5, 0.6) is 0 Å². The van der Waals surface area contributed by atoms with Gasteiger partial charge in [0.2, 0.25) is 0 Å². The number of hydrogen-bond donors (Lipinski definition) is 2. The fraction of sp³-hybridized carbons (Fsp3) is 0.533. The first kappa shape index (κ1) is 27.7. The lowest BCUT2D eigenvalue weighted by atomic mass is 9.72. The normalized spacial score (nSPS) is 22.7. The Labute approximate surface area is 223 Å². The van der Waals surface area contributed by atoms with E-state index < -0.39 is 11.6 Å². The van der Waals surface area contributed by atoms with Gasteiger partial charge >= 0.3 is 5.97 Å². The third-order valence-electron chi connectivity index (χ3n) is 8.08. The summed E-state index contributed by atoms with van der Waals surface area (Å²) < 4.78 is 13.7. The second-order valence-electron chi connectivity index (χ2n) is 11.4. The average molecular weight is 524 g/mol. The molecule has 1 spiro atoms. The zero-order chi connectivity index (χ0) is 27.5. The predicted molar refractivity (Wildman–Crippen MR) is 144 cm³/mol. The molecule has 1 aliphatic heterocycles. The topological polar surface area (TPSA) is 99.1 Å². The lowest BCUT2D eigenvalue weighted by Crippen LogP contribution is -2.51. The van der Waals surface area contributed by atoms with Crippen molar-refractivity contribution in [3.63, 3.8) is 0 Å². The lowest BCUT2D eigenvalue weighted by molar-refractivity contribution is -0.137. The number of amides is 2. The second-order valence-corrected chi connectivity index (χ2v) is 11.4. The zero-order valence-corrected chi connectivity index (χ0v) is 22.5. The molecule has 2 aliphatic carbocycles. The summed E-state index contributed by atoms with van der Waals surface area (Å²) in [6, 6.07) is 7.02. The molecular weight excluding hydrogens is 485 g/mol. The highest BCUT2D eigenvalue weighted by atomic mass is 19.1. The van der Waals surface area contributed by atoms with Gasteiger partial charge in [0.1, 0.15) is 17.2 Å². The quantitative estimate of drug-likeness (QED) is 0.431. The number of allylic oxidation sites excluding steroid dienone is 4. The van der Waals surface area contributed by atoms with Crippen molar-refractivity contribution in [2.45, 2.75) is 83.8 Å². The Hall–Kier alpha value is -3.29. The number of carbonyl (C=O) groups excluding carboxylic acids is 2. The van der Waals surface area contributed by atoms with E-state index in [1.807, 2.05) is 17.0 Å². The molecule has 4 rings (SSSR count). The van der Waals surface area contributed by atoms with E-state index in [1.165, 1.54) is 12.2 Å². The molecule has 1 aromatic rings. The molecule has 2 unspecified atom stereocenters. The molecule has 204 valence electrons. The van der Waals surface area contributed by atoms with E-state index in [2.05, 4.69) is 26.1 Å². The number of benzene rings is 1. The van der Waals surface area contributed by atoms with E-state index in [9.17, 15) is 18.8 Å². The molecule has 0 radical (unpaired) electrons. The molecule has 2 N–H and O–H groups in total. The zero-order valence-electron chi connectivity index (χ0n) is 22.5. The number of halogens is 1. The van der Waals surface area contributed by atoms with Crippen molar-refractivity contribution in [3.05, 3.63) is 59.4 Å². The van der Waals surface area contributed by atoms with Gasteiger partial charge in [-0.3, -0.25) is 19.4 Å². The summed E-state index contributed by atoms with van der Waals surface area (Å²) in [6.07, 6.45) is 10.1. The lowest BCUT2D eigenvalue weighted by Gasteiger charge is -2.47. The molecule has 0 bridgehead atoms. The SMILES string of the molecule is CCCC(c1ccc(C(=O)NCCC(=O)O)cc1)N1C(=O)C(C2C=CC(F)=CC2)=NC12CCC(C)(C)CC2. The summed E-state index contributed by atoms with van der Waals surface area (Å²) in [5, 5.41) is 11.4. The predicted octanol–water partition coefficient (Wildman–Crippen LogP) is 5.74. The minimum Gasteiger partial charge on any atom is -0.481 e. The van der Waals surface area contributed by atoms with Gasteiger partial charge in [0.05, 0.1) is 12.5 Å². The van der Waals surface area contributed by atoms with Crippen LogP contribution in [0.25, 0.3) is 0 Å².